The Kier molecular flexibility index (Phi) is 4.79. The van der Waals surface area contributed by atoms with E-state index in [0.29, 0.717) is 6.54 Å². The summed E-state index contributed by atoms with van der Waals surface area (Å²) in [6, 6.07) is 10.8. The summed E-state index contributed by atoms with van der Waals surface area (Å²) in [5, 5.41) is 0. The highest BCUT2D eigenvalue weighted by Gasteiger charge is 2.29. The predicted octanol–water partition coefficient (Wildman–Crippen LogP) is 4.34. The van der Waals surface area contributed by atoms with Gasteiger partial charge in [-0.2, -0.15) is 0 Å². The Morgan fingerprint density at radius 2 is 1.96 bits per heavy atom. The van der Waals surface area contributed by atoms with E-state index < -0.39 is 11.6 Å². The number of likely N-dealkylation sites (tertiary alicyclic amines) is 1. The second kappa shape index (κ2) is 6.99. The van der Waals surface area contributed by atoms with Gasteiger partial charge in [0.15, 0.2) is 11.6 Å². The number of hydrogen-bond acceptors (Lipinski definition) is 2. The van der Waals surface area contributed by atoms with Crippen molar-refractivity contribution in [1.29, 1.82) is 0 Å². The molecule has 0 aliphatic carbocycles. The van der Waals surface area contributed by atoms with Crippen LogP contribution in [0.5, 0.6) is 5.75 Å². The number of rotatable bonds is 3. The van der Waals surface area contributed by atoms with Crippen molar-refractivity contribution >= 4 is 5.91 Å². The molecule has 0 aromatic heterocycles. The molecule has 0 radical (unpaired) electrons. The van der Waals surface area contributed by atoms with Gasteiger partial charge in [-0.15, -0.1) is 0 Å². The van der Waals surface area contributed by atoms with Crippen LogP contribution in [0.15, 0.2) is 42.5 Å². The lowest BCUT2D eigenvalue weighted by Crippen LogP contribution is -2.38. The third kappa shape index (κ3) is 3.25. The highest BCUT2D eigenvalue weighted by Crippen LogP contribution is 2.33. The van der Waals surface area contributed by atoms with E-state index in [2.05, 4.69) is 0 Å². The molecule has 1 fully saturated rings. The number of carbonyl (C=O) groups is 1. The van der Waals surface area contributed by atoms with E-state index in [-0.39, 0.29) is 17.5 Å². The van der Waals surface area contributed by atoms with Crippen LogP contribution in [-0.4, -0.2) is 24.5 Å². The topological polar surface area (TPSA) is 29.5 Å². The summed E-state index contributed by atoms with van der Waals surface area (Å²) in [6.45, 7) is 0.597. The van der Waals surface area contributed by atoms with E-state index in [4.69, 9.17) is 4.74 Å². The van der Waals surface area contributed by atoms with Crippen LogP contribution in [0.3, 0.4) is 0 Å². The summed E-state index contributed by atoms with van der Waals surface area (Å²) >= 11 is 0. The Morgan fingerprint density at radius 1 is 1.12 bits per heavy atom. The molecule has 0 saturated carbocycles. The minimum absolute atomic E-state index is 0.0885. The van der Waals surface area contributed by atoms with Gasteiger partial charge < -0.3 is 9.64 Å². The van der Waals surface area contributed by atoms with E-state index in [9.17, 15) is 13.6 Å². The Hall–Kier alpha value is -2.43. The second-order valence-corrected chi connectivity index (χ2v) is 5.92. The number of piperidine rings is 1. The number of amides is 1. The third-order valence-corrected chi connectivity index (χ3v) is 4.41. The molecule has 0 spiro atoms. The molecule has 1 aliphatic heterocycles. The molecule has 0 N–H and O–H groups in total. The van der Waals surface area contributed by atoms with Gasteiger partial charge in [-0.1, -0.05) is 12.1 Å². The van der Waals surface area contributed by atoms with Crippen LogP contribution in [0.1, 0.15) is 41.2 Å². The monoisotopic (exact) mass is 331 g/mol. The summed E-state index contributed by atoms with van der Waals surface area (Å²) in [6.07, 6.45) is 2.75. The average molecular weight is 331 g/mol. The van der Waals surface area contributed by atoms with Crippen molar-refractivity contribution in [3.05, 3.63) is 65.2 Å². The lowest BCUT2D eigenvalue weighted by Gasteiger charge is -2.36. The summed E-state index contributed by atoms with van der Waals surface area (Å²) in [5.41, 5.74) is 1.16. The van der Waals surface area contributed by atoms with Crippen molar-refractivity contribution < 1.29 is 18.3 Å². The fourth-order valence-electron chi connectivity index (χ4n) is 3.16. The lowest BCUT2D eigenvalue weighted by atomic mass is 9.94. The van der Waals surface area contributed by atoms with Gasteiger partial charge in [0.05, 0.1) is 13.2 Å². The Bertz CT molecular complexity index is 748. The second-order valence-electron chi connectivity index (χ2n) is 5.92. The summed E-state index contributed by atoms with van der Waals surface area (Å²) in [5.74, 6) is -1.50. The smallest absolute Gasteiger partial charge is 0.254 e. The van der Waals surface area contributed by atoms with E-state index in [0.717, 1.165) is 42.7 Å². The molecule has 1 saturated heterocycles. The summed E-state index contributed by atoms with van der Waals surface area (Å²) < 4.78 is 31.8. The molecule has 1 amide bonds. The number of halogens is 2. The molecule has 24 heavy (non-hydrogen) atoms. The number of methoxy groups -OCH3 is 1. The molecule has 0 bridgehead atoms. The highest BCUT2D eigenvalue weighted by atomic mass is 19.2. The molecule has 2 aromatic rings. The molecule has 126 valence electrons. The fourth-order valence-corrected chi connectivity index (χ4v) is 3.16. The van der Waals surface area contributed by atoms with Crippen LogP contribution in [-0.2, 0) is 0 Å². The quantitative estimate of drug-likeness (QED) is 0.837. The summed E-state index contributed by atoms with van der Waals surface area (Å²) in [7, 11) is 1.60. The molecule has 1 aliphatic rings. The highest BCUT2D eigenvalue weighted by molar-refractivity contribution is 5.94. The fraction of sp³-hybridized carbons (Fsp3) is 0.316. The zero-order valence-corrected chi connectivity index (χ0v) is 13.5. The van der Waals surface area contributed by atoms with Gasteiger partial charge in [-0.25, -0.2) is 8.78 Å². The first-order valence-electron chi connectivity index (χ1n) is 8.00. The first-order chi connectivity index (χ1) is 11.6. The zero-order valence-electron chi connectivity index (χ0n) is 13.5. The molecule has 5 heteroatoms. The minimum atomic E-state index is -1.00. The van der Waals surface area contributed by atoms with Gasteiger partial charge in [0.25, 0.3) is 5.91 Å². The Balaban J connectivity index is 1.91. The Morgan fingerprint density at radius 3 is 2.71 bits per heavy atom. The van der Waals surface area contributed by atoms with Gasteiger partial charge in [0, 0.05) is 12.1 Å². The van der Waals surface area contributed by atoms with Crippen molar-refractivity contribution in [2.24, 2.45) is 0 Å². The molecule has 1 atom stereocenters. The van der Waals surface area contributed by atoms with Crippen molar-refractivity contribution in [3.63, 3.8) is 0 Å². The molecule has 3 nitrogen and oxygen atoms in total. The zero-order chi connectivity index (χ0) is 17.1. The number of hydrogen-bond donors (Lipinski definition) is 0. The van der Waals surface area contributed by atoms with E-state index in [1.165, 1.54) is 6.07 Å². The lowest BCUT2D eigenvalue weighted by molar-refractivity contribution is 0.0610. The van der Waals surface area contributed by atoms with E-state index in [1.807, 2.05) is 24.3 Å². The first-order valence-corrected chi connectivity index (χ1v) is 8.00. The maximum atomic E-state index is 13.5. The number of carbonyl (C=O) groups excluding carboxylic acids is 1. The van der Waals surface area contributed by atoms with Crippen LogP contribution in [0.4, 0.5) is 8.78 Å². The van der Waals surface area contributed by atoms with Crippen LogP contribution in [0.25, 0.3) is 0 Å². The van der Waals surface area contributed by atoms with Gasteiger partial charge in [0.2, 0.25) is 0 Å². The first kappa shape index (κ1) is 16.4. The SMILES string of the molecule is COc1cccc([C@H]2CCCCN2C(=O)c2ccc(F)c(F)c2)c1. The van der Waals surface area contributed by atoms with Crippen LogP contribution < -0.4 is 4.74 Å². The van der Waals surface area contributed by atoms with Gasteiger partial charge in [-0.05, 0) is 55.2 Å². The summed E-state index contributed by atoms with van der Waals surface area (Å²) in [4.78, 5) is 14.5. The molecular formula is C19H19F2NO2. The van der Waals surface area contributed by atoms with Crippen molar-refractivity contribution in [1.82, 2.24) is 4.90 Å². The Labute approximate surface area is 139 Å². The third-order valence-electron chi connectivity index (χ3n) is 4.41. The van der Waals surface area contributed by atoms with Crippen molar-refractivity contribution in [2.75, 3.05) is 13.7 Å². The average Bonchev–Trinajstić information content (AvgIpc) is 2.63. The van der Waals surface area contributed by atoms with Crippen molar-refractivity contribution in [2.45, 2.75) is 25.3 Å². The largest absolute Gasteiger partial charge is 0.497 e. The maximum Gasteiger partial charge on any atom is 0.254 e. The standard InChI is InChI=1S/C19H19F2NO2/c1-24-15-6-4-5-13(11-15)18-7-2-3-10-22(18)19(23)14-8-9-16(20)17(21)12-14/h4-6,8-9,11-12,18H,2-3,7,10H2,1H3/t18-/m1/s1. The molecule has 3 rings (SSSR count). The van der Waals surface area contributed by atoms with Gasteiger partial charge >= 0.3 is 0 Å². The molecule has 1 heterocycles. The normalized spacial score (nSPS) is 17.6. The van der Waals surface area contributed by atoms with Gasteiger partial charge in [0.1, 0.15) is 5.75 Å². The van der Waals surface area contributed by atoms with E-state index >= 15 is 0 Å². The molecular weight excluding hydrogens is 312 g/mol. The minimum Gasteiger partial charge on any atom is -0.497 e. The maximum absolute atomic E-state index is 13.5. The van der Waals surface area contributed by atoms with Crippen LogP contribution in [0, 0.1) is 11.6 Å². The number of benzene rings is 2. The number of ether oxygens (including phenoxy) is 1. The van der Waals surface area contributed by atoms with Crippen LogP contribution in [0.2, 0.25) is 0 Å². The predicted molar refractivity (Wildman–Crippen MR) is 87.0 cm³/mol. The van der Waals surface area contributed by atoms with Gasteiger partial charge in [-0.3, -0.25) is 4.79 Å². The van der Waals surface area contributed by atoms with Crippen molar-refractivity contribution in [3.8, 4) is 5.75 Å². The van der Waals surface area contributed by atoms with Crippen LogP contribution >= 0.6 is 0 Å². The molecule has 2 aromatic carbocycles. The number of nitrogens with zero attached hydrogens (tertiary/aromatic N) is 1. The molecule has 0 unspecified atom stereocenters. The van der Waals surface area contributed by atoms with E-state index in [1.54, 1.807) is 12.0 Å².